The number of hydrogen-bond acceptors (Lipinski definition) is 3. The zero-order valence-corrected chi connectivity index (χ0v) is 12.5. The average Bonchev–Trinajstić information content (AvgIpc) is 2.95. The van der Waals surface area contributed by atoms with Crippen LogP contribution in [0.2, 0.25) is 0 Å². The molecule has 1 N–H and O–H groups in total. The summed E-state index contributed by atoms with van der Waals surface area (Å²) in [7, 11) is 1.64. The first-order chi connectivity index (χ1) is 10.3. The number of nitrogens with zero attached hydrogens (tertiary/aromatic N) is 2. The second-order valence-corrected chi connectivity index (χ2v) is 4.63. The van der Waals surface area contributed by atoms with Gasteiger partial charge >= 0.3 is 0 Å². The Morgan fingerprint density at radius 2 is 2.24 bits per heavy atom. The normalized spacial score (nSPS) is 10.0. The van der Waals surface area contributed by atoms with E-state index in [9.17, 15) is 0 Å². The highest BCUT2D eigenvalue weighted by Gasteiger charge is 2.05. The number of benzene rings is 1. The number of rotatable bonds is 5. The molecule has 1 heterocycles. The van der Waals surface area contributed by atoms with Gasteiger partial charge in [-0.1, -0.05) is 24.8 Å². The molecule has 2 aromatic rings. The first kappa shape index (κ1) is 15.1. The van der Waals surface area contributed by atoms with Crippen LogP contribution in [-0.4, -0.2) is 28.4 Å². The Hall–Kier alpha value is -2.25. The number of methoxy groups -OCH3 is 1. The summed E-state index contributed by atoms with van der Waals surface area (Å²) in [5.74, 6) is 7.81. The molecule has 0 aliphatic carbocycles. The quantitative estimate of drug-likeness (QED) is 0.857. The zero-order valence-electron chi connectivity index (χ0n) is 12.5. The van der Waals surface area contributed by atoms with Crippen molar-refractivity contribution in [2.75, 3.05) is 13.7 Å². The minimum atomic E-state index is 0.0733. The molecule has 0 saturated heterocycles. The Labute approximate surface area is 125 Å². The molecule has 0 unspecified atom stereocenters. The lowest BCUT2D eigenvalue weighted by molar-refractivity contribution is 0.305. The summed E-state index contributed by atoms with van der Waals surface area (Å²) >= 11 is 0. The fraction of sp³-hybridized carbons (Fsp3) is 0.353. The van der Waals surface area contributed by atoms with E-state index < -0.39 is 0 Å². The van der Waals surface area contributed by atoms with Crippen LogP contribution in [0.15, 0.2) is 30.6 Å². The van der Waals surface area contributed by atoms with Crippen LogP contribution in [0, 0.1) is 11.8 Å². The fourth-order valence-corrected chi connectivity index (χ4v) is 2.16. The number of aliphatic hydroxyl groups excluding tert-OH is 1. The molecular weight excluding hydrogens is 264 g/mol. The molecule has 1 aromatic heterocycles. The molecule has 0 saturated carbocycles. The number of aromatic nitrogens is 2. The predicted octanol–water partition coefficient (Wildman–Crippen LogP) is 2.24. The lowest BCUT2D eigenvalue weighted by Gasteiger charge is -2.09. The van der Waals surface area contributed by atoms with Gasteiger partial charge in [0.2, 0.25) is 0 Å². The van der Waals surface area contributed by atoms with Crippen LogP contribution in [0.5, 0.6) is 5.75 Å². The van der Waals surface area contributed by atoms with Crippen LogP contribution in [0.4, 0.5) is 0 Å². The molecule has 21 heavy (non-hydrogen) atoms. The van der Waals surface area contributed by atoms with Gasteiger partial charge in [0.1, 0.15) is 11.6 Å². The minimum Gasteiger partial charge on any atom is -0.495 e. The zero-order chi connectivity index (χ0) is 15.1. The van der Waals surface area contributed by atoms with E-state index in [1.54, 1.807) is 7.11 Å². The Bertz CT molecular complexity index is 650. The van der Waals surface area contributed by atoms with E-state index in [1.807, 2.05) is 30.6 Å². The smallest absolute Gasteiger partial charge is 0.134 e. The summed E-state index contributed by atoms with van der Waals surface area (Å²) < 4.78 is 7.46. The molecule has 0 atom stereocenters. The first-order valence-electron chi connectivity index (χ1n) is 7.05. The fourth-order valence-electron chi connectivity index (χ4n) is 2.16. The molecule has 2 rings (SSSR count). The summed E-state index contributed by atoms with van der Waals surface area (Å²) in [6.07, 6.45) is 5.19. The van der Waals surface area contributed by atoms with Crippen molar-refractivity contribution in [3.8, 4) is 17.6 Å². The second-order valence-electron chi connectivity index (χ2n) is 4.63. The Kier molecular flexibility index (Phi) is 5.42. The predicted molar refractivity (Wildman–Crippen MR) is 82.3 cm³/mol. The SMILES string of the molecule is CCc1nccn1Cc1ccc(OC)c(C#CCCO)c1. The highest BCUT2D eigenvalue weighted by Crippen LogP contribution is 2.20. The van der Waals surface area contributed by atoms with E-state index in [0.717, 1.165) is 35.7 Å². The topological polar surface area (TPSA) is 47.3 Å². The van der Waals surface area contributed by atoms with Crippen molar-refractivity contribution in [2.45, 2.75) is 26.3 Å². The van der Waals surface area contributed by atoms with Gasteiger partial charge in [-0.25, -0.2) is 4.98 Å². The molecule has 0 aliphatic rings. The molecule has 0 aliphatic heterocycles. The molecule has 4 nitrogen and oxygen atoms in total. The lowest BCUT2D eigenvalue weighted by atomic mass is 10.1. The highest BCUT2D eigenvalue weighted by atomic mass is 16.5. The Balaban J connectivity index is 2.25. The number of hydrogen-bond donors (Lipinski definition) is 1. The average molecular weight is 284 g/mol. The molecule has 0 fully saturated rings. The van der Waals surface area contributed by atoms with E-state index in [4.69, 9.17) is 9.84 Å². The maximum absolute atomic E-state index is 8.81. The van der Waals surface area contributed by atoms with Gasteiger partial charge in [0.05, 0.1) is 19.3 Å². The summed E-state index contributed by atoms with van der Waals surface area (Å²) in [6, 6.07) is 6.00. The van der Waals surface area contributed by atoms with Gasteiger partial charge in [-0.2, -0.15) is 0 Å². The maximum Gasteiger partial charge on any atom is 0.134 e. The first-order valence-corrected chi connectivity index (χ1v) is 7.05. The summed E-state index contributed by atoms with van der Waals surface area (Å²) in [4.78, 5) is 4.33. The van der Waals surface area contributed by atoms with Crippen LogP contribution in [0.1, 0.15) is 30.3 Å². The third kappa shape index (κ3) is 3.87. The van der Waals surface area contributed by atoms with Gasteiger partial charge in [-0.05, 0) is 17.7 Å². The van der Waals surface area contributed by atoms with Crippen LogP contribution in [0.25, 0.3) is 0 Å². The third-order valence-corrected chi connectivity index (χ3v) is 3.19. The summed E-state index contributed by atoms with van der Waals surface area (Å²) in [6.45, 7) is 2.93. The van der Waals surface area contributed by atoms with E-state index in [0.29, 0.717) is 6.42 Å². The van der Waals surface area contributed by atoms with Crippen molar-refractivity contribution in [3.05, 3.63) is 47.5 Å². The lowest BCUT2D eigenvalue weighted by Crippen LogP contribution is -2.04. The van der Waals surface area contributed by atoms with Crippen molar-refractivity contribution in [3.63, 3.8) is 0 Å². The number of aliphatic hydroxyl groups is 1. The molecule has 1 aromatic carbocycles. The van der Waals surface area contributed by atoms with E-state index in [1.165, 1.54) is 0 Å². The van der Waals surface area contributed by atoms with E-state index in [-0.39, 0.29) is 6.61 Å². The van der Waals surface area contributed by atoms with Gasteiger partial charge in [-0.3, -0.25) is 0 Å². The molecule has 0 bridgehead atoms. The molecule has 0 amide bonds. The van der Waals surface area contributed by atoms with Crippen molar-refractivity contribution < 1.29 is 9.84 Å². The van der Waals surface area contributed by atoms with Crippen molar-refractivity contribution >= 4 is 0 Å². The largest absolute Gasteiger partial charge is 0.495 e. The van der Waals surface area contributed by atoms with Crippen LogP contribution in [0.3, 0.4) is 0 Å². The molecule has 0 spiro atoms. The molecule has 4 heteroatoms. The third-order valence-electron chi connectivity index (χ3n) is 3.19. The van der Waals surface area contributed by atoms with Crippen LogP contribution in [-0.2, 0) is 13.0 Å². The van der Waals surface area contributed by atoms with Crippen LogP contribution < -0.4 is 4.74 Å². The summed E-state index contributed by atoms with van der Waals surface area (Å²) in [5, 5.41) is 8.81. The number of imidazole rings is 1. The minimum absolute atomic E-state index is 0.0733. The van der Waals surface area contributed by atoms with Gasteiger partial charge < -0.3 is 14.4 Å². The maximum atomic E-state index is 8.81. The van der Waals surface area contributed by atoms with Crippen molar-refractivity contribution in [1.29, 1.82) is 0 Å². The van der Waals surface area contributed by atoms with E-state index in [2.05, 4.69) is 28.3 Å². The van der Waals surface area contributed by atoms with Crippen LogP contribution >= 0.6 is 0 Å². The van der Waals surface area contributed by atoms with Crippen molar-refractivity contribution in [2.24, 2.45) is 0 Å². The summed E-state index contributed by atoms with van der Waals surface area (Å²) in [5.41, 5.74) is 2.00. The van der Waals surface area contributed by atoms with Gasteiger partial charge in [0, 0.05) is 31.8 Å². The molecule has 0 radical (unpaired) electrons. The van der Waals surface area contributed by atoms with Crippen molar-refractivity contribution in [1.82, 2.24) is 9.55 Å². The van der Waals surface area contributed by atoms with Gasteiger partial charge in [-0.15, -0.1) is 0 Å². The monoisotopic (exact) mass is 284 g/mol. The standard InChI is InChI=1S/C17H20N2O2/c1-3-17-18-9-10-19(17)13-14-7-8-16(21-2)15(12-14)6-4-5-11-20/h7-10,12,20H,3,5,11,13H2,1-2H3. The number of aryl methyl sites for hydroxylation is 1. The van der Waals surface area contributed by atoms with Gasteiger partial charge in [0.25, 0.3) is 0 Å². The second kappa shape index (κ2) is 7.51. The molecule has 110 valence electrons. The molecular formula is C17H20N2O2. The van der Waals surface area contributed by atoms with Gasteiger partial charge in [0.15, 0.2) is 0 Å². The Morgan fingerprint density at radius 1 is 1.38 bits per heavy atom. The number of ether oxygens (including phenoxy) is 1. The van der Waals surface area contributed by atoms with E-state index >= 15 is 0 Å². The Morgan fingerprint density at radius 3 is 2.95 bits per heavy atom. The highest BCUT2D eigenvalue weighted by molar-refractivity contribution is 5.48.